The van der Waals surface area contributed by atoms with Crippen molar-refractivity contribution >= 4 is 5.97 Å². The number of halogens is 1. The van der Waals surface area contributed by atoms with Crippen molar-refractivity contribution in [1.82, 2.24) is 0 Å². The van der Waals surface area contributed by atoms with Crippen molar-refractivity contribution in [2.45, 2.75) is 31.8 Å². The van der Waals surface area contributed by atoms with E-state index < -0.39 is 17.9 Å². The second kappa shape index (κ2) is 7.69. The minimum absolute atomic E-state index is 0.0428. The molecule has 5 nitrogen and oxygen atoms in total. The van der Waals surface area contributed by atoms with E-state index in [0.29, 0.717) is 25.0 Å². The number of carbonyl (C=O) groups is 1. The SMILES string of the molecule is COc1cc(F)c(C(O)CCCCC(=O)O)cc1OC. The molecule has 0 aliphatic carbocycles. The topological polar surface area (TPSA) is 76.0 Å². The van der Waals surface area contributed by atoms with E-state index in [1.165, 1.54) is 20.3 Å². The lowest BCUT2D eigenvalue weighted by atomic mass is 10.0. The van der Waals surface area contributed by atoms with Crippen LogP contribution in [0.15, 0.2) is 12.1 Å². The Hall–Kier alpha value is -1.82. The zero-order chi connectivity index (χ0) is 15.1. The molecular formula is C14H19FO5. The normalized spacial score (nSPS) is 12.0. The van der Waals surface area contributed by atoms with Gasteiger partial charge in [0.25, 0.3) is 0 Å². The number of hydrogen-bond acceptors (Lipinski definition) is 4. The average Bonchev–Trinajstić information content (AvgIpc) is 2.42. The van der Waals surface area contributed by atoms with Gasteiger partial charge in [-0.3, -0.25) is 4.79 Å². The van der Waals surface area contributed by atoms with Gasteiger partial charge in [0.15, 0.2) is 11.5 Å². The smallest absolute Gasteiger partial charge is 0.303 e. The number of hydrogen-bond donors (Lipinski definition) is 2. The van der Waals surface area contributed by atoms with Crippen LogP contribution in [-0.2, 0) is 4.79 Å². The first kappa shape index (κ1) is 16.2. The van der Waals surface area contributed by atoms with E-state index in [-0.39, 0.29) is 17.7 Å². The molecule has 0 aliphatic rings. The second-order valence-corrected chi connectivity index (χ2v) is 4.38. The molecule has 0 fully saturated rings. The zero-order valence-corrected chi connectivity index (χ0v) is 11.6. The molecule has 1 atom stereocenters. The third-order valence-corrected chi connectivity index (χ3v) is 2.98. The lowest BCUT2D eigenvalue weighted by molar-refractivity contribution is -0.137. The van der Waals surface area contributed by atoms with E-state index >= 15 is 0 Å². The number of rotatable bonds is 8. The predicted molar refractivity (Wildman–Crippen MR) is 70.6 cm³/mol. The zero-order valence-electron chi connectivity index (χ0n) is 11.6. The highest BCUT2D eigenvalue weighted by molar-refractivity contribution is 5.66. The highest BCUT2D eigenvalue weighted by atomic mass is 19.1. The van der Waals surface area contributed by atoms with Gasteiger partial charge in [0.2, 0.25) is 0 Å². The van der Waals surface area contributed by atoms with Crippen LogP contribution in [-0.4, -0.2) is 30.4 Å². The molecule has 0 aliphatic heterocycles. The quantitative estimate of drug-likeness (QED) is 0.718. The third kappa shape index (κ3) is 4.38. The maximum absolute atomic E-state index is 13.9. The van der Waals surface area contributed by atoms with Crippen LogP contribution in [0, 0.1) is 5.82 Å². The number of unbranched alkanes of at least 4 members (excludes halogenated alkanes) is 1. The molecule has 0 radical (unpaired) electrons. The first-order valence-corrected chi connectivity index (χ1v) is 6.30. The van der Waals surface area contributed by atoms with Gasteiger partial charge >= 0.3 is 5.97 Å². The predicted octanol–water partition coefficient (Wildman–Crippen LogP) is 2.52. The average molecular weight is 286 g/mol. The highest BCUT2D eigenvalue weighted by Gasteiger charge is 2.17. The molecule has 1 aromatic rings. The maximum atomic E-state index is 13.9. The van der Waals surface area contributed by atoms with Gasteiger partial charge in [-0.2, -0.15) is 0 Å². The summed E-state index contributed by atoms with van der Waals surface area (Å²) in [6.45, 7) is 0. The number of aliphatic hydroxyl groups excluding tert-OH is 1. The Bertz CT molecular complexity index is 461. The van der Waals surface area contributed by atoms with E-state index in [2.05, 4.69) is 0 Å². The summed E-state index contributed by atoms with van der Waals surface area (Å²) in [5.41, 5.74) is 0.123. The number of methoxy groups -OCH3 is 2. The minimum Gasteiger partial charge on any atom is -0.493 e. The summed E-state index contributed by atoms with van der Waals surface area (Å²) in [6, 6.07) is 2.56. The molecule has 1 rings (SSSR count). The summed E-state index contributed by atoms with van der Waals surface area (Å²) < 4.78 is 23.9. The fourth-order valence-corrected chi connectivity index (χ4v) is 1.89. The molecule has 20 heavy (non-hydrogen) atoms. The Morgan fingerprint density at radius 3 is 2.40 bits per heavy atom. The van der Waals surface area contributed by atoms with Crippen LogP contribution in [0.1, 0.15) is 37.4 Å². The molecule has 6 heteroatoms. The van der Waals surface area contributed by atoms with Gasteiger partial charge in [0.05, 0.1) is 20.3 Å². The second-order valence-electron chi connectivity index (χ2n) is 4.38. The van der Waals surface area contributed by atoms with Crippen LogP contribution >= 0.6 is 0 Å². The van der Waals surface area contributed by atoms with Crippen molar-refractivity contribution < 1.29 is 28.9 Å². The first-order valence-electron chi connectivity index (χ1n) is 6.30. The number of aliphatic carboxylic acids is 1. The van der Waals surface area contributed by atoms with E-state index in [4.69, 9.17) is 14.6 Å². The number of benzene rings is 1. The molecule has 0 saturated heterocycles. The summed E-state index contributed by atoms with van der Waals surface area (Å²) >= 11 is 0. The highest BCUT2D eigenvalue weighted by Crippen LogP contribution is 2.33. The molecule has 0 aromatic heterocycles. The van der Waals surface area contributed by atoms with Crippen LogP contribution < -0.4 is 9.47 Å². The van der Waals surface area contributed by atoms with Crippen LogP contribution in [0.5, 0.6) is 11.5 Å². The van der Waals surface area contributed by atoms with Gasteiger partial charge in [-0.15, -0.1) is 0 Å². The van der Waals surface area contributed by atoms with Crippen molar-refractivity contribution in [3.05, 3.63) is 23.5 Å². The fourth-order valence-electron chi connectivity index (χ4n) is 1.89. The van der Waals surface area contributed by atoms with E-state index in [9.17, 15) is 14.3 Å². The standard InChI is InChI=1S/C14H19FO5/c1-19-12-7-9(10(15)8-13(12)20-2)11(16)5-3-4-6-14(17)18/h7-8,11,16H,3-6H2,1-2H3,(H,17,18). The summed E-state index contributed by atoms with van der Waals surface area (Å²) in [5.74, 6) is -0.856. The summed E-state index contributed by atoms with van der Waals surface area (Å²) in [6.07, 6.45) is 0.284. The van der Waals surface area contributed by atoms with Crippen molar-refractivity contribution in [3.8, 4) is 11.5 Å². The van der Waals surface area contributed by atoms with E-state index in [1.54, 1.807) is 0 Å². The van der Waals surface area contributed by atoms with Crippen molar-refractivity contribution in [1.29, 1.82) is 0 Å². The number of aliphatic hydroxyl groups is 1. The molecule has 2 N–H and O–H groups in total. The molecule has 112 valence electrons. The Morgan fingerprint density at radius 2 is 1.85 bits per heavy atom. The molecule has 0 spiro atoms. The van der Waals surface area contributed by atoms with Crippen molar-refractivity contribution in [3.63, 3.8) is 0 Å². The largest absolute Gasteiger partial charge is 0.493 e. The summed E-state index contributed by atoms with van der Waals surface area (Å²) in [7, 11) is 2.83. The molecule has 0 heterocycles. The van der Waals surface area contributed by atoms with Crippen molar-refractivity contribution in [2.75, 3.05) is 14.2 Å². The van der Waals surface area contributed by atoms with Crippen LogP contribution in [0.25, 0.3) is 0 Å². The molecule has 0 saturated carbocycles. The summed E-state index contributed by atoms with van der Waals surface area (Å²) in [5, 5.41) is 18.5. The lowest BCUT2D eigenvalue weighted by Gasteiger charge is -2.15. The molecule has 0 bridgehead atoms. The first-order chi connectivity index (χ1) is 9.49. The van der Waals surface area contributed by atoms with Crippen LogP contribution in [0.2, 0.25) is 0 Å². The Kier molecular flexibility index (Phi) is 6.24. The maximum Gasteiger partial charge on any atom is 0.303 e. The molecule has 0 amide bonds. The molecule has 1 unspecified atom stereocenters. The van der Waals surface area contributed by atoms with Gasteiger partial charge in [0, 0.05) is 18.1 Å². The number of ether oxygens (including phenoxy) is 2. The lowest BCUT2D eigenvalue weighted by Crippen LogP contribution is -2.03. The van der Waals surface area contributed by atoms with E-state index in [1.807, 2.05) is 0 Å². The van der Waals surface area contributed by atoms with Crippen LogP contribution in [0.4, 0.5) is 4.39 Å². The monoisotopic (exact) mass is 286 g/mol. The van der Waals surface area contributed by atoms with Crippen molar-refractivity contribution in [2.24, 2.45) is 0 Å². The number of carboxylic acids is 1. The van der Waals surface area contributed by atoms with Crippen LogP contribution in [0.3, 0.4) is 0 Å². The Labute approximate surface area is 116 Å². The Morgan fingerprint density at radius 1 is 1.25 bits per heavy atom. The summed E-state index contributed by atoms with van der Waals surface area (Å²) in [4.78, 5) is 10.4. The minimum atomic E-state index is -0.997. The molecular weight excluding hydrogens is 267 g/mol. The fraction of sp³-hybridized carbons (Fsp3) is 0.500. The van der Waals surface area contributed by atoms with Gasteiger partial charge in [0.1, 0.15) is 5.82 Å². The van der Waals surface area contributed by atoms with Gasteiger partial charge in [-0.05, 0) is 25.3 Å². The van der Waals surface area contributed by atoms with Gasteiger partial charge in [-0.25, -0.2) is 4.39 Å². The number of carboxylic acid groups (broad SMARTS) is 1. The third-order valence-electron chi connectivity index (χ3n) is 2.98. The Balaban J connectivity index is 2.72. The van der Waals surface area contributed by atoms with Gasteiger partial charge in [-0.1, -0.05) is 0 Å². The van der Waals surface area contributed by atoms with E-state index in [0.717, 1.165) is 6.07 Å². The van der Waals surface area contributed by atoms with Gasteiger partial charge < -0.3 is 19.7 Å². The molecule has 1 aromatic carbocycles.